The minimum Gasteiger partial charge on any atom is -0.497 e. The summed E-state index contributed by atoms with van der Waals surface area (Å²) < 4.78 is 5.35. The lowest BCUT2D eigenvalue weighted by Gasteiger charge is -2.48. The third-order valence-electron chi connectivity index (χ3n) is 21.4. The normalized spacial score (nSPS) is 16.1. The molecule has 0 spiro atoms. The Morgan fingerprint density at radius 3 is 1.20 bits per heavy atom. The number of rotatable bonds is 10. The molecule has 0 saturated heterocycles. The fourth-order valence-electron chi connectivity index (χ4n) is 15.4. The van der Waals surface area contributed by atoms with Crippen LogP contribution in [0, 0.1) is 40.6 Å². The van der Waals surface area contributed by atoms with Gasteiger partial charge in [0.2, 0.25) is 5.69 Å². The fourth-order valence-corrected chi connectivity index (χ4v) is 15.4. The molecule has 8 heteroatoms. The Hall–Kier alpha value is -11.2. The standard InChI is InChI=1S/C52H54N4.C37H25N3O/c1-49(2)18-22-55-23-19-50(3,4)43-29-35(28-42(49)47(43)55)12-10-33-15-17-38-39(26-33)41(32-53)37-16-14-34(27-40(37)46(38)54-9)11-13-36-30-44-48-45(31-36)52(7,8)21-25-56(48)24-20-51(44,5)6;1-41-31-20-18-30(19-21-31)40(28-7-3-2-4-8-28)29-16-13-26(14-17-29)11-12-27-15-22-34-35(23-27)32-9-5-6-10-33(32)36(24-38)37(34)25-39/h10-17,26-31H,18-25H2,1-8H3;2-23H,1H3. The van der Waals surface area contributed by atoms with Crippen molar-refractivity contribution in [2.75, 3.05) is 48.0 Å². The van der Waals surface area contributed by atoms with Crippen molar-refractivity contribution in [3.63, 3.8) is 0 Å². The molecule has 0 N–H and O–H groups in total. The van der Waals surface area contributed by atoms with E-state index in [1.807, 2.05) is 78.9 Å². The molecule has 11 aromatic rings. The van der Waals surface area contributed by atoms with E-state index in [1.165, 1.54) is 44.8 Å². The molecule has 0 fully saturated rings. The molecule has 476 valence electrons. The molecule has 15 rings (SSSR count). The largest absolute Gasteiger partial charge is 0.497 e. The van der Waals surface area contributed by atoms with Crippen LogP contribution in [0.2, 0.25) is 0 Å². The van der Waals surface area contributed by atoms with E-state index in [0.717, 1.165) is 140 Å². The molecular weight excluding hydrogens is 1180 g/mol. The van der Waals surface area contributed by atoms with E-state index in [0.29, 0.717) is 22.4 Å². The maximum Gasteiger partial charge on any atom is 0.202 e. The van der Waals surface area contributed by atoms with E-state index in [1.54, 1.807) is 7.11 Å². The van der Waals surface area contributed by atoms with E-state index >= 15 is 0 Å². The molecule has 97 heavy (non-hydrogen) atoms. The van der Waals surface area contributed by atoms with Crippen molar-refractivity contribution in [1.82, 2.24) is 0 Å². The third kappa shape index (κ3) is 11.6. The van der Waals surface area contributed by atoms with Gasteiger partial charge in [-0.25, -0.2) is 4.85 Å². The summed E-state index contributed by atoms with van der Waals surface area (Å²) in [5, 5.41) is 37.0. The van der Waals surface area contributed by atoms with Crippen molar-refractivity contribution >= 4 is 114 Å². The summed E-state index contributed by atoms with van der Waals surface area (Å²) >= 11 is 0. The molecule has 0 unspecified atom stereocenters. The zero-order valence-electron chi connectivity index (χ0n) is 57.0. The predicted octanol–water partition coefficient (Wildman–Crippen LogP) is 22.5. The van der Waals surface area contributed by atoms with Gasteiger partial charge in [-0.3, -0.25) is 0 Å². The van der Waals surface area contributed by atoms with Crippen molar-refractivity contribution < 1.29 is 4.74 Å². The van der Waals surface area contributed by atoms with Crippen LogP contribution in [-0.4, -0.2) is 33.3 Å². The maximum absolute atomic E-state index is 10.6. The zero-order chi connectivity index (χ0) is 67.5. The summed E-state index contributed by atoms with van der Waals surface area (Å²) in [6.07, 6.45) is 17.6. The molecule has 8 nitrogen and oxygen atoms in total. The Kier molecular flexibility index (Phi) is 16.2. The van der Waals surface area contributed by atoms with Gasteiger partial charge in [0.05, 0.1) is 30.4 Å². The highest BCUT2D eigenvalue weighted by Gasteiger charge is 2.41. The number of nitrogens with zero attached hydrogens (tertiary/aromatic N) is 7. The Balaban J connectivity index is 0.000000175. The first-order valence-electron chi connectivity index (χ1n) is 33.9. The van der Waals surface area contributed by atoms with Gasteiger partial charge in [-0.05, 0) is 220 Å². The van der Waals surface area contributed by atoms with Crippen molar-refractivity contribution in [2.45, 2.75) is 103 Å². The van der Waals surface area contributed by atoms with Crippen LogP contribution in [0.1, 0.15) is 153 Å². The number of nitriles is 3. The molecule has 0 bridgehead atoms. The minimum absolute atomic E-state index is 0.128. The molecule has 0 aromatic heterocycles. The monoisotopic (exact) mass is 1260 g/mol. The van der Waals surface area contributed by atoms with E-state index in [-0.39, 0.29) is 21.7 Å². The van der Waals surface area contributed by atoms with Crippen LogP contribution in [0.3, 0.4) is 0 Å². The average molecular weight is 1260 g/mol. The van der Waals surface area contributed by atoms with Crippen LogP contribution in [0.25, 0.3) is 84.4 Å². The first-order valence-corrected chi connectivity index (χ1v) is 33.9. The molecular formula is C89H79N7O. The summed E-state index contributed by atoms with van der Waals surface area (Å²) in [6, 6.07) is 69.7. The minimum atomic E-state index is 0.128. The lowest BCUT2D eigenvalue weighted by atomic mass is 9.69. The number of benzene rings is 11. The molecule has 4 aliphatic rings. The highest BCUT2D eigenvalue weighted by molar-refractivity contribution is 6.16. The summed E-state index contributed by atoms with van der Waals surface area (Å²) in [6.45, 7) is 31.9. The molecule has 0 aliphatic carbocycles. The summed E-state index contributed by atoms with van der Waals surface area (Å²) in [5.74, 6) is 0.818. The van der Waals surface area contributed by atoms with Crippen molar-refractivity contribution in [3.8, 4) is 24.0 Å². The topological polar surface area (TPSA) is 94.7 Å². The Labute approximate surface area is 571 Å². The second kappa shape index (κ2) is 24.9. The van der Waals surface area contributed by atoms with Gasteiger partial charge in [-0.15, -0.1) is 0 Å². The SMILES string of the molecule is COc1ccc(N(c2ccccc2)c2ccc(C=Cc3ccc4c(C#N)c(C#N)c5ccccc5c4c3)cc2)cc1.[C-]#[N+]c1c2ccc(C=Cc3cc4c5c(c3)C(C)(C)CCN5CCC4(C)C)cc2c(C#N)c2ccc(C=Cc3cc4c5c(c3)C(C)(C)CCN5CCC4(C)C)cc12. The molecule has 0 atom stereocenters. The van der Waals surface area contributed by atoms with E-state index in [9.17, 15) is 15.8 Å². The van der Waals surface area contributed by atoms with Gasteiger partial charge in [-0.2, -0.15) is 15.8 Å². The van der Waals surface area contributed by atoms with Crippen molar-refractivity contribution in [2.24, 2.45) is 0 Å². The fraction of sp³-hybridized carbons (Fsp3) is 0.236. The van der Waals surface area contributed by atoms with Crippen LogP contribution < -0.4 is 19.4 Å². The maximum atomic E-state index is 10.6. The van der Waals surface area contributed by atoms with Gasteiger partial charge in [0.25, 0.3) is 0 Å². The number of para-hydroxylation sites is 1. The van der Waals surface area contributed by atoms with Crippen molar-refractivity contribution in [3.05, 3.63) is 266 Å². The van der Waals surface area contributed by atoms with Gasteiger partial charge >= 0.3 is 0 Å². The number of anilines is 5. The first kappa shape index (κ1) is 63.2. The summed E-state index contributed by atoms with van der Waals surface area (Å²) in [7, 11) is 1.67. The summed E-state index contributed by atoms with van der Waals surface area (Å²) in [4.78, 5) is 11.5. The zero-order valence-corrected chi connectivity index (χ0v) is 57.0. The number of ether oxygens (including phenoxy) is 1. The molecule has 0 saturated carbocycles. The smallest absolute Gasteiger partial charge is 0.202 e. The Morgan fingerprint density at radius 2 is 0.742 bits per heavy atom. The quantitative estimate of drug-likeness (QED) is 0.0583. The van der Waals surface area contributed by atoms with Gasteiger partial charge < -0.3 is 19.4 Å². The lowest BCUT2D eigenvalue weighted by Crippen LogP contribution is -2.44. The summed E-state index contributed by atoms with van der Waals surface area (Å²) in [5.41, 5.74) is 21.1. The van der Waals surface area contributed by atoms with E-state index in [2.05, 4.69) is 233 Å². The van der Waals surface area contributed by atoms with E-state index in [4.69, 9.17) is 11.3 Å². The van der Waals surface area contributed by atoms with Gasteiger partial charge in [0.1, 0.15) is 24.0 Å². The van der Waals surface area contributed by atoms with Crippen molar-refractivity contribution in [1.29, 1.82) is 15.8 Å². The second-order valence-corrected chi connectivity index (χ2v) is 29.3. The van der Waals surface area contributed by atoms with Crippen LogP contribution in [0.5, 0.6) is 5.75 Å². The molecule has 4 aliphatic heterocycles. The number of fused-ring (bicyclic) bond motifs is 5. The highest BCUT2D eigenvalue weighted by atomic mass is 16.5. The third-order valence-corrected chi connectivity index (χ3v) is 21.4. The molecule has 4 heterocycles. The van der Waals surface area contributed by atoms with E-state index < -0.39 is 0 Å². The Morgan fingerprint density at radius 1 is 0.381 bits per heavy atom. The van der Waals surface area contributed by atoms with Gasteiger partial charge in [0.15, 0.2) is 0 Å². The molecule has 11 aromatic carbocycles. The van der Waals surface area contributed by atoms with Crippen LogP contribution >= 0.6 is 0 Å². The van der Waals surface area contributed by atoms with Crippen LogP contribution in [0.15, 0.2) is 182 Å². The molecule has 0 amide bonds. The average Bonchev–Trinajstić information content (AvgIpc) is 0.747. The van der Waals surface area contributed by atoms with Gasteiger partial charge in [-0.1, -0.05) is 189 Å². The number of methoxy groups -OCH3 is 1. The van der Waals surface area contributed by atoms with Crippen LogP contribution in [0.4, 0.5) is 34.1 Å². The molecule has 0 radical (unpaired) electrons. The Bertz CT molecular complexity index is 5000. The number of hydrogen-bond donors (Lipinski definition) is 0. The number of hydrogen-bond acceptors (Lipinski definition) is 7. The van der Waals surface area contributed by atoms with Crippen LogP contribution in [-0.2, 0) is 21.7 Å². The highest BCUT2D eigenvalue weighted by Crippen LogP contribution is 2.52. The van der Waals surface area contributed by atoms with Gasteiger partial charge in [0, 0.05) is 65.4 Å². The lowest BCUT2D eigenvalue weighted by molar-refractivity contribution is 0.401. The predicted molar refractivity (Wildman–Crippen MR) is 406 cm³/mol. The first-order chi connectivity index (χ1) is 46.8. The second-order valence-electron chi connectivity index (χ2n) is 29.3.